The molecule has 3 rings (SSSR count). The van der Waals surface area contributed by atoms with Crippen LogP contribution in [0.1, 0.15) is 15.9 Å². The summed E-state index contributed by atoms with van der Waals surface area (Å²) in [4.78, 5) is 27.1. The van der Waals surface area contributed by atoms with Crippen LogP contribution in [0.25, 0.3) is 0 Å². The third-order valence-electron chi connectivity index (χ3n) is 4.87. The van der Waals surface area contributed by atoms with E-state index in [1.807, 2.05) is 17.9 Å². The maximum atomic E-state index is 12.6. The van der Waals surface area contributed by atoms with Crippen LogP contribution in [0.4, 0.5) is 11.4 Å². The third-order valence-corrected chi connectivity index (χ3v) is 5.23. The zero-order valence-electron chi connectivity index (χ0n) is 16.3. The molecule has 9 heteroatoms. The Morgan fingerprint density at radius 3 is 2.38 bits per heavy atom. The number of anilines is 1. The van der Waals surface area contributed by atoms with E-state index in [2.05, 4.69) is 10.2 Å². The molecule has 2 aromatic rings. The first-order valence-corrected chi connectivity index (χ1v) is 9.55. The lowest BCUT2D eigenvalue weighted by Crippen LogP contribution is -2.52. The van der Waals surface area contributed by atoms with Crippen molar-refractivity contribution in [3.8, 4) is 5.75 Å². The van der Waals surface area contributed by atoms with E-state index >= 15 is 0 Å². The lowest BCUT2D eigenvalue weighted by Gasteiger charge is -2.37. The van der Waals surface area contributed by atoms with Gasteiger partial charge in [-0.15, -0.1) is 0 Å². The minimum atomic E-state index is -0.411. The van der Waals surface area contributed by atoms with Gasteiger partial charge in [-0.3, -0.25) is 20.2 Å². The van der Waals surface area contributed by atoms with Gasteiger partial charge in [0.05, 0.1) is 17.6 Å². The van der Waals surface area contributed by atoms with Crippen molar-refractivity contribution in [2.24, 2.45) is 0 Å². The number of nitro benzene ring substituents is 1. The second-order valence-electron chi connectivity index (χ2n) is 6.66. The molecule has 0 radical (unpaired) electrons. The smallest absolute Gasteiger partial charge is 0.269 e. The first kappa shape index (κ1) is 20.5. The van der Waals surface area contributed by atoms with Crippen molar-refractivity contribution in [2.45, 2.75) is 6.92 Å². The van der Waals surface area contributed by atoms with E-state index in [1.54, 1.807) is 24.3 Å². The van der Waals surface area contributed by atoms with Crippen LogP contribution in [0, 0.1) is 17.0 Å². The molecule has 1 saturated heterocycles. The van der Waals surface area contributed by atoms with E-state index < -0.39 is 4.92 Å². The highest BCUT2D eigenvalue weighted by Crippen LogP contribution is 2.23. The summed E-state index contributed by atoms with van der Waals surface area (Å²) in [5, 5.41) is 13.9. The molecule has 0 bridgehead atoms. The van der Waals surface area contributed by atoms with Gasteiger partial charge in [0.1, 0.15) is 5.75 Å². The molecule has 1 N–H and O–H groups in total. The minimum Gasteiger partial charge on any atom is -0.496 e. The van der Waals surface area contributed by atoms with E-state index in [-0.39, 0.29) is 11.6 Å². The van der Waals surface area contributed by atoms with Crippen LogP contribution < -0.4 is 15.0 Å². The standard InChI is InChI=1S/C20H22N4O4S/c1-14-4-3-5-17(18(14)28-2)19(25)21-20(29)23-12-10-22(11-13-23)15-6-8-16(9-7-15)24(26)27/h3-9H,10-13H2,1-2H3,(H,21,25,29). The van der Waals surface area contributed by atoms with Crippen LogP contribution in [0.3, 0.4) is 0 Å². The largest absolute Gasteiger partial charge is 0.496 e. The first-order chi connectivity index (χ1) is 13.9. The van der Waals surface area contributed by atoms with Gasteiger partial charge in [0, 0.05) is 44.0 Å². The summed E-state index contributed by atoms with van der Waals surface area (Å²) >= 11 is 5.42. The Bertz CT molecular complexity index is 925. The normalized spacial score (nSPS) is 13.7. The Morgan fingerprint density at radius 2 is 1.79 bits per heavy atom. The topological polar surface area (TPSA) is 88.0 Å². The molecule has 1 aliphatic rings. The number of hydrogen-bond donors (Lipinski definition) is 1. The number of para-hydroxylation sites is 1. The zero-order valence-corrected chi connectivity index (χ0v) is 17.1. The number of hydrogen-bond acceptors (Lipinski definition) is 6. The summed E-state index contributed by atoms with van der Waals surface area (Å²) in [6, 6.07) is 11.9. The van der Waals surface area contributed by atoms with Crippen LogP contribution in [0.2, 0.25) is 0 Å². The molecule has 29 heavy (non-hydrogen) atoms. The molecule has 2 aromatic carbocycles. The second-order valence-corrected chi connectivity index (χ2v) is 7.05. The maximum Gasteiger partial charge on any atom is 0.269 e. The molecule has 0 spiro atoms. The van der Waals surface area contributed by atoms with E-state index in [0.717, 1.165) is 11.3 Å². The third kappa shape index (κ3) is 4.62. The molecule has 152 valence electrons. The molecule has 0 unspecified atom stereocenters. The Kier molecular flexibility index (Phi) is 6.28. The van der Waals surface area contributed by atoms with Crippen LogP contribution >= 0.6 is 12.2 Å². The number of rotatable bonds is 4. The van der Waals surface area contributed by atoms with Crippen molar-refractivity contribution in [1.29, 1.82) is 0 Å². The monoisotopic (exact) mass is 414 g/mol. The van der Waals surface area contributed by atoms with Crippen molar-refractivity contribution in [2.75, 3.05) is 38.2 Å². The van der Waals surface area contributed by atoms with Gasteiger partial charge >= 0.3 is 0 Å². The predicted molar refractivity (Wildman–Crippen MR) is 115 cm³/mol. The van der Waals surface area contributed by atoms with Gasteiger partial charge < -0.3 is 14.5 Å². The summed E-state index contributed by atoms with van der Waals surface area (Å²) in [5.41, 5.74) is 2.32. The number of thiocarbonyl (C=S) groups is 1. The van der Waals surface area contributed by atoms with Crippen molar-refractivity contribution >= 4 is 34.6 Å². The molecule has 1 fully saturated rings. The number of non-ortho nitro benzene ring substituents is 1. The van der Waals surface area contributed by atoms with Gasteiger partial charge in [0.2, 0.25) is 0 Å². The van der Waals surface area contributed by atoms with Crippen LogP contribution in [0.5, 0.6) is 5.75 Å². The van der Waals surface area contributed by atoms with Crippen LogP contribution in [0.15, 0.2) is 42.5 Å². The van der Waals surface area contributed by atoms with E-state index in [4.69, 9.17) is 17.0 Å². The number of nitrogens with one attached hydrogen (secondary N) is 1. The number of amides is 1. The molecule has 0 atom stereocenters. The number of nitro groups is 1. The molecular weight excluding hydrogens is 392 g/mol. The quantitative estimate of drug-likeness (QED) is 0.468. The van der Waals surface area contributed by atoms with Gasteiger partial charge in [0.15, 0.2) is 5.11 Å². The summed E-state index contributed by atoms with van der Waals surface area (Å²) in [7, 11) is 1.54. The summed E-state index contributed by atoms with van der Waals surface area (Å²) in [5.74, 6) is 0.240. The predicted octanol–water partition coefficient (Wildman–Crippen LogP) is 2.75. The lowest BCUT2D eigenvalue weighted by atomic mass is 10.1. The van der Waals surface area contributed by atoms with Gasteiger partial charge in [-0.05, 0) is 42.9 Å². The number of benzene rings is 2. The van der Waals surface area contributed by atoms with E-state index in [0.29, 0.717) is 42.6 Å². The maximum absolute atomic E-state index is 12.6. The van der Waals surface area contributed by atoms with Gasteiger partial charge in [-0.2, -0.15) is 0 Å². The highest BCUT2D eigenvalue weighted by atomic mass is 32.1. The number of methoxy groups -OCH3 is 1. The van der Waals surface area contributed by atoms with Gasteiger partial charge in [-0.25, -0.2) is 0 Å². The van der Waals surface area contributed by atoms with Gasteiger partial charge in [0.25, 0.3) is 11.6 Å². The SMILES string of the molecule is COc1c(C)cccc1C(=O)NC(=S)N1CCN(c2ccc([N+](=O)[O-])cc2)CC1. The Balaban J connectivity index is 1.58. The number of ether oxygens (including phenoxy) is 1. The average Bonchev–Trinajstić information content (AvgIpc) is 2.73. The summed E-state index contributed by atoms with van der Waals surface area (Å²) in [6.07, 6.45) is 0. The molecule has 0 saturated carbocycles. The fourth-order valence-corrected chi connectivity index (χ4v) is 3.57. The van der Waals surface area contributed by atoms with Crippen LogP contribution in [-0.4, -0.2) is 54.1 Å². The number of carbonyl (C=O) groups excluding carboxylic acids is 1. The second kappa shape index (κ2) is 8.87. The molecular formula is C20H22N4O4S. The van der Waals surface area contributed by atoms with Gasteiger partial charge in [-0.1, -0.05) is 12.1 Å². The Labute approximate surface area is 174 Å². The number of carbonyl (C=O) groups is 1. The van der Waals surface area contributed by atoms with Crippen molar-refractivity contribution in [3.63, 3.8) is 0 Å². The fourth-order valence-electron chi connectivity index (χ4n) is 3.30. The highest BCUT2D eigenvalue weighted by Gasteiger charge is 2.22. The van der Waals surface area contributed by atoms with Crippen LogP contribution in [-0.2, 0) is 0 Å². The molecule has 0 aliphatic carbocycles. The minimum absolute atomic E-state index is 0.0721. The summed E-state index contributed by atoms with van der Waals surface area (Å²) < 4.78 is 5.34. The molecule has 0 aromatic heterocycles. The molecule has 1 amide bonds. The fraction of sp³-hybridized carbons (Fsp3) is 0.300. The number of nitrogens with zero attached hydrogens (tertiary/aromatic N) is 3. The number of piperazine rings is 1. The van der Waals surface area contributed by atoms with E-state index in [1.165, 1.54) is 19.2 Å². The van der Waals surface area contributed by atoms with Crippen molar-refractivity contribution in [1.82, 2.24) is 10.2 Å². The summed E-state index contributed by atoms with van der Waals surface area (Å²) in [6.45, 7) is 4.55. The molecule has 8 nitrogen and oxygen atoms in total. The Morgan fingerprint density at radius 1 is 1.14 bits per heavy atom. The molecule has 1 heterocycles. The molecule has 1 aliphatic heterocycles. The zero-order chi connectivity index (χ0) is 21.0. The first-order valence-electron chi connectivity index (χ1n) is 9.14. The van der Waals surface area contributed by atoms with E-state index in [9.17, 15) is 14.9 Å². The number of aryl methyl sites for hydroxylation is 1. The Hall–Kier alpha value is -3.20. The average molecular weight is 414 g/mol. The lowest BCUT2D eigenvalue weighted by molar-refractivity contribution is -0.384. The van der Waals surface area contributed by atoms with Crippen molar-refractivity contribution in [3.05, 3.63) is 63.7 Å². The highest BCUT2D eigenvalue weighted by molar-refractivity contribution is 7.80. The van der Waals surface area contributed by atoms with Crippen molar-refractivity contribution < 1.29 is 14.5 Å².